The highest BCUT2D eigenvalue weighted by molar-refractivity contribution is 14.0. The molecule has 1 aromatic heterocycles. The molecule has 5 nitrogen and oxygen atoms in total. The van der Waals surface area contributed by atoms with Gasteiger partial charge in [0.2, 0.25) is 0 Å². The van der Waals surface area contributed by atoms with E-state index < -0.39 is 5.82 Å². The lowest BCUT2D eigenvalue weighted by Crippen LogP contribution is -2.33. The Balaban J connectivity index is 0.00000264. The molecule has 0 amide bonds. The molecule has 1 heterocycles. The number of hydrogen-bond donors (Lipinski definition) is 2. The number of halogens is 2. The molecule has 0 aliphatic heterocycles. The maximum atomic E-state index is 13.5. The van der Waals surface area contributed by atoms with Gasteiger partial charge in [0.05, 0.1) is 13.7 Å². The van der Waals surface area contributed by atoms with Crippen LogP contribution in [0.5, 0.6) is 5.75 Å². The minimum atomic E-state index is -0.406. The summed E-state index contributed by atoms with van der Waals surface area (Å²) in [7, 11) is 1.43. The Morgan fingerprint density at radius 2 is 2.17 bits per heavy atom. The van der Waals surface area contributed by atoms with Crippen LogP contribution < -0.4 is 15.8 Å². The van der Waals surface area contributed by atoms with E-state index in [1.54, 1.807) is 18.3 Å². The van der Waals surface area contributed by atoms with Gasteiger partial charge in [-0.3, -0.25) is 4.98 Å². The van der Waals surface area contributed by atoms with E-state index in [0.717, 1.165) is 17.7 Å². The van der Waals surface area contributed by atoms with E-state index in [1.807, 2.05) is 18.2 Å². The van der Waals surface area contributed by atoms with Crippen molar-refractivity contribution >= 4 is 29.9 Å². The summed E-state index contributed by atoms with van der Waals surface area (Å²) in [5.74, 6) is 0.137. The third-order valence-electron chi connectivity index (χ3n) is 3.06. The normalized spacial score (nSPS) is 10.8. The molecule has 0 fully saturated rings. The third-order valence-corrected chi connectivity index (χ3v) is 3.06. The summed E-state index contributed by atoms with van der Waals surface area (Å²) >= 11 is 0. The van der Waals surface area contributed by atoms with Gasteiger partial charge in [-0.15, -0.1) is 24.0 Å². The molecule has 3 N–H and O–H groups in total. The first-order chi connectivity index (χ1) is 10.7. The van der Waals surface area contributed by atoms with Crippen molar-refractivity contribution in [2.45, 2.75) is 13.0 Å². The first kappa shape index (κ1) is 19.1. The molecule has 0 bridgehead atoms. The number of nitrogens with zero attached hydrogens (tertiary/aromatic N) is 2. The number of benzene rings is 1. The number of hydrogen-bond acceptors (Lipinski definition) is 3. The number of ether oxygens (including phenoxy) is 1. The first-order valence-electron chi connectivity index (χ1n) is 6.95. The van der Waals surface area contributed by atoms with Crippen LogP contribution in [0.15, 0.2) is 47.6 Å². The van der Waals surface area contributed by atoms with E-state index in [9.17, 15) is 4.39 Å². The van der Waals surface area contributed by atoms with Crippen LogP contribution in [0.4, 0.5) is 4.39 Å². The molecule has 2 aromatic rings. The van der Waals surface area contributed by atoms with E-state index in [1.165, 1.54) is 13.2 Å². The molecule has 0 saturated heterocycles. The first-order valence-corrected chi connectivity index (χ1v) is 6.95. The second kappa shape index (κ2) is 9.98. The fourth-order valence-electron chi connectivity index (χ4n) is 1.91. The van der Waals surface area contributed by atoms with Crippen LogP contribution >= 0.6 is 24.0 Å². The fourth-order valence-corrected chi connectivity index (χ4v) is 1.91. The van der Waals surface area contributed by atoms with E-state index in [0.29, 0.717) is 19.0 Å². The van der Waals surface area contributed by atoms with Crippen molar-refractivity contribution in [3.8, 4) is 5.75 Å². The largest absolute Gasteiger partial charge is 0.494 e. The van der Waals surface area contributed by atoms with E-state index >= 15 is 0 Å². The number of aromatic nitrogens is 1. The van der Waals surface area contributed by atoms with Crippen LogP contribution in [0.25, 0.3) is 0 Å². The van der Waals surface area contributed by atoms with E-state index in [-0.39, 0.29) is 29.7 Å². The zero-order chi connectivity index (χ0) is 15.8. The molecular weight excluding hydrogens is 410 g/mol. The minimum Gasteiger partial charge on any atom is -0.494 e. The highest BCUT2D eigenvalue weighted by atomic mass is 127. The second-order valence-electron chi connectivity index (χ2n) is 4.67. The Bertz CT molecular complexity index is 637. The fraction of sp³-hybridized carbons (Fsp3) is 0.250. The maximum Gasteiger partial charge on any atom is 0.188 e. The summed E-state index contributed by atoms with van der Waals surface area (Å²) in [6.45, 7) is 0.951. The van der Waals surface area contributed by atoms with Crippen LogP contribution in [0.2, 0.25) is 0 Å². The Morgan fingerprint density at radius 1 is 1.35 bits per heavy atom. The standard InChI is InChI=1S/C16H19FN4O.HI/c1-22-15-6-5-12(10-14(15)17)11-21-16(18)20-9-7-13-4-2-3-8-19-13;/h2-6,8,10H,7,9,11H2,1H3,(H3,18,20,21);1H. The van der Waals surface area contributed by atoms with Gasteiger partial charge in [-0.05, 0) is 29.8 Å². The Kier molecular flexibility index (Phi) is 8.31. The molecular formula is C16H20FIN4O. The molecule has 1 aromatic carbocycles. The molecule has 0 unspecified atom stereocenters. The molecule has 0 atom stereocenters. The average molecular weight is 430 g/mol. The van der Waals surface area contributed by atoms with Crippen molar-refractivity contribution in [1.29, 1.82) is 0 Å². The molecule has 0 aliphatic carbocycles. The topological polar surface area (TPSA) is 72.5 Å². The predicted octanol–water partition coefficient (Wildman–Crippen LogP) is 2.49. The zero-order valence-electron chi connectivity index (χ0n) is 12.8. The summed E-state index contributed by atoms with van der Waals surface area (Å²) in [5.41, 5.74) is 7.50. The Morgan fingerprint density at radius 3 is 2.83 bits per heavy atom. The summed E-state index contributed by atoms with van der Waals surface area (Å²) in [6, 6.07) is 10.5. The average Bonchev–Trinajstić information content (AvgIpc) is 2.54. The highest BCUT2D eigenvalue weighted by Crippen LogP contribution is 2.17. The minimum absolute atomic E-state index is 0. The zero-order valence-corrected chi connectivity index (χ0v) is 15.2. The van der Waals surface area contributed by atoms with Crippen LogP contribution in [0.1, 0.15) is 11.3 Å². The molecule has 2 rings (SSSR count). The molecule has 124 valence electrons. The number of methoxy groups -OCH3 is 1. The molecule has 23 heavy (non-hydrogen) atoms. The second-order valence-corrected chi connectivity index (χ2v) is 4.67. The van der Waals surface area contributed by atoms with Crippen LogP contribution in [0, 0.1) is 5.82 Å². The van der Waals surface area contributed by atoms with E-state index in [2.05, 4.69) is 15.3 Å². The molecule has 7 heteroatoms. The molecule has 0 radical (unpaired) electrons. The van der Waals surface area contributed by atoms with Gasteiger partial charge in [0.25, 0.3) is 0 Å². The SMILES string of the molecule is COc1ccc(CN=C(N)NCCc2ccccn2)cc1F.I. The summed E-state index contributed by atoms with van der Waals surface area (Å²) in [5, 5.41) is 3.01. The van der Waals surface area contributed by atoms with Gasteiger partial charge >= 0.3 is 0 Å². The highest BCUT2D eigenvalue weighted by Gasteiger charge is 2.03. The monoisotopic (exact) mass is 430 g/mol. The van der Waals surface area contributed by atoms with Gasteiger partial charge in [-0.2, -0.15) is 0 Å². The molecule has 0 saturated carbocycles. The lowest BCUT2D eigenvalue weighted by molar-refractivity contribution is 0.386. The molecule has 0 spiro atoms. The van der Waals surface area contributed by atoms with Crippen molar-refractivity contribution < 1.29 is 9.13 Å². The van der Waals surface area contributed by atoms with Crippen molar-refractivity contribution in [3.63, 3.8) is 0 Å². The maximum absolute atomic E-state index is 13.5. The number of rotatable bonds is 6. The van der Waals surface area contributed by atoms with E-state index in [4.69, 9.17) is 10.5 Å². The van der Waals surface area contributed by atoms with Crippen molar-refractivity contribution in [2.24, 2.45) is 10.7 Å². The van der Waals surface area contributed by atoms with Crippen LogP contribution in [-0.2, 0) is 13.0 Å². The predicted molar refractivity (Wildman–Crippen MR) is 99.6 cm³/mol. The Labute approximate surface area is 152 Å². The number of nitrogens with two attached hydrogens (primary N) is 1. The van der Waals surface area contributed by atoms with Gasteiger partial charge in [0, 0.05) is 24.9 Å². The number of aliphatic imine (C=N–C) groups is 1. The number of nitrogens with one attached hydrogen (secondary N) is 1. The van der Waals surface area contributed by atoms with Gasteiger partial charge in [0.15, 0.2) is 17.5 Å². The van der Waals surface area contributed by atoms with Gasteiger partial charge in [-0.25, -0.2) is 9.38 Å². The van der Waals surface area contributed by atoms with Gasteiger partial charge in [0.1, 0.15) is 0 Å². The number of guanidine groups is 1. The summed E-state index contributed by atoms with van der Waals surface area (Å²) in [4.78, 5) is 8.40. The van der Waals surface area contributed by atoms with Gasteiger partial charge in [-0.1, -0.05) is 12.1 Å². The quantitative estimate of drug-likeness (QED) is 0.420. The third kappa shape index (κ3) is 6.39. The van der Waals surface area contributed by atoms with Crippen molar-refractivity contribution in [3.05, 3.63) is 59.7 Å². The molecule has 0 aliphatic rings. The van der Waals surface area contributed by atoms with Crippen LogP contribution in [-0.4, -0.2) is 24.6 Å². The van der Waals surface area contributed by atoms with Crippen molar-refractivity contribution in [2.75, 3.05) is 13.7 Å². The number of pyridine rings is 1. The van der Waals surface area contributed by atoms with Gasteiger partial charge < -0.3 is 15.8 Å². The smallest absolute Gasteiger partial charge is 0.188 e. The summed E-state index contributed by atoms with van der Waals surface area (Å²) in [6.07, 6.45) is 2.51. The van der Waals surface area contributed by atoms with Crippen molar-refractivity contribution in [1.82, 2.24) is 10.3 Å². The lowest BCUT2D eigenvalue weighted by Gasteiger charge is -2.06. The summed E-state index contributed by atoms with van der Waals surface area (Å²) < 4.78 is 18.4. The van der Waals surface area contributed by atoms with Crippen LogP contribution in [0.3, 0.4) is 0 Å². The Hall–Kier alpha value is -1.90. The lowest BCUT2D eigenvalue weighted by atomic mass is 10.2.